The van der Waals surface area contributed by atoms with Crippen LogP contribution in [-0.4, -0.2) is 15.9 Å². The summed E-state index contributed by atoms with van der Waals surface area (Å²) >= 11 is 1.55. The van der Waals surface area contributed by atoms with Gasteiger partial charge in [-0.05, 0) is 67.3 Å². The summed E-state index contributed by atoms with van der Waals surface area (Å²) in [5.41, 5.74) is 6.39. The number of nitrogens with zero attached hydrogens (tertiary/aromatic N) is 3. The van der Waals surface area contributed by atoms with Gasteiger partial charge in [-0.25, -0.2) is 4.98 Å². The third-order valence-corrected chi connectivity index (χ3v) is 6.08. The molecule has 29 heavy (non-hydrogen) atoms. The lowest BCUT2D eigenvalue weighted by Crippen LogP contribution is -2.32. The van der Waals surface area contributed by atoms with Gasteiger partial charge >= 0.3 is 0 Å². The quantitative estimate of drug-likeness (QED) is 0.450. The van der Waals surface area contributed by atoms with Gasteiger partial charge < -0.3 is 0 Å². The number of carbonyl (C=O) groups excluding carboxylic acids is 1. The number of hydrogen-bond donors (Lipinski definition) is 0. The predicted molar refractivity (Wildman–Crippen MR) is 119 cm³/mol. The summed E-state index contributed by atoms with van der Waals surface area (Å²) in [4.78, 5) is 24.2. The van der Waals surface area contributed by atoms with E-state index in [4.69, 9.17) is 4.98 Å². The molecular weight excluding hydrogens is 378 g/mol. The third-order valence-electron chi connectivity index (χ3n) is 5.04. The highest BCUT2D eigenvalue weighted by atomic mass is 32.1. The molecule has 0 fully saturated rings. The van der Waals surface area contributed by atoms with E-state index in [2.05, 4.69) is 44.0 Å². The maximum atomic E-state index is 13.3. The molecule has 0 radical (unpaired) electrons. The van der Waals surface area contributed by atoms with Crippen LogP contribution in [0.4, 0.5) is 5.13 Å². The topological polar surface area (TPSA) is 46.1 Å². The van der Waals surface area contributed by atoms with Crippen LogP contribution in [0.3, 0.4) is 0 Å². The first kappa shape index (κ1) is 19.3. The molecule has 0 bridgehead atoms. The van der Waals surface area contributed by atoms with Crippen molar-refractivity contribution in [2.24, 2.45) is 0 Å². The first-order valence-corrected chi connectivity index (χ1v) is 10.4. The van der Waals surface area contributed by atoms with Gasteiger partial charge in [-0.3, -0.25) is 14.7 Å². The fourth-order valence-corrected chi connectivity index (χ4v) is 4.32. The Morgan fingerprint density at radius 3 is 2.62 bits per heavy atom. The van der Waals surface area contributed by atoms with Crippen LogP contribution >= 0.6 is 11.3 Å². The van der Waals surface area contributed by atoms with Gasteiger partial charge in [0.2, 0.25) is 5.91 Å². The number of pyridine rings is 1. The molecule has 0 saturated carbocycles. The predicted octanol–water partition coefficient (Wildman–Crippen LogP) is 5.39. The number of fused-ring (bicyclic) bond motifs is 1. The Hall–Kier alpha value is -3.05. The van der Waals surface area contributed by atoms with E-state index in [1.165, 1.54) is 16.7 Å². The molecular formula is C24H23N3OS. The average molecular weight is 402 g/mol. The van der Waals surface area contributed by atoms with Crippen molar-refractivity contribution in [3.8, 4) is 0 Å². The number of hydrogen-bond acceptors (Lipinski definition) is 4. The molecule has 0 aliphatic rings. The monoisotopic (exact) mass is 401 g/mol. The van der Waals surface area contributed by atoms with Crippen LogP contribution in [0.1, 0.15) is 27.9 Å². The van der Waals surface area contributed by atoms with Crippen molar-refractivity contribution in [3.05, 3.63) is 88.7 Å². The summed E-state index contributed by atoms with van der Waals surface area (Å²) < 4.78 is 1.09. The highest BCUT2D eigenvalue weighted by Crippen LogP contribution is 2.31. The molecule has 2 heterocycles. The minimum Gasteiger partial charge on any atom is -0.282 e. The number of benzene rings is 2. The number of carbonyl (C=O) groups is 1. The van der Waals surface area contributed by atoms with E-state index in [-0.39, 0.29) is 5.91 Å². The van der Waals surface area contributed by atoms with E-state index in [9.17, 15) is 4.79 Å². The summed E-state index contributed by atoms with van der Waals surface area (Å²) in [6, 6.07) is 18.1. The van der Waals surface area contributed by atoms with Crippen LogP contribution in [0.2, 0.25) is 0 Å². The molecule has 2 aromatic carbocycles. The van der Waals surface area contributed by atoms with Crippen molar-refractivity contribution in [1.82, 2.24) is 9.97 Å². The molecule has 0 atom stereocenters. The summed E-state index contributed by atoms with van der Waals surface area (Å²) in [5.74, 6) is 0.0229. The summed E-state index contributed by atoms with van der Waals surface area (Å²) in [5, 5.41) is 0.713. The first-order chi connectivity index (χ1) is 14.0. The SMILES string of the molecule is Cc1ccc2nc(N(Cc3ccccn3)C(=O)Cc3ccc(C)c(C)c3)sc2c1. The lowest BCUT2D eigenvalue weighted by atomic mass is 10.0. The van der Waals surface area contributed by atoms with Crippen molar-refractivity contribution in [2.45, 2.75) is 33.7 Å². The lowest BCUT2D eigenvalue weighted by Gasteiger charge is -2.20. The first-order valence-electron chi connectivity index (χ1n) is 9.63. The lowest BCUT2D eigenvalue weighted by molar-refractivity contribution is -0.118. The minimum absolute atomic E-state index is 0.0229. The van der Waals surface area contributed by atoms with E-state index < -0.39 is 0 Å². The van der Waals surface area contributed by atoms with E-state index >= 15 is 0 Å². The second-order valence-electron chi connectivity index (χ2n) is 7.36. The Morgan fingerprint density at radius 2 is 1.86 bits per heavy atom. The van der Waals surface area contributed by atoms with Gasteiger partial charge in [0, 0.05) is 6.20 Å². The molecule has 1 amide bonds. The zero-order valence-electron chi connectivity index (χ0n) is 16.8. The van der Waals surface area contributed by atoms with Crippen LogP contribution < -0.4 is 4.90 Å². The molecule has 146 valence electrons. The maximum Gasteiger partial charge on any atom is 0.233 e. The minimum atomic E-state index is 0.0229. The van der Waals surface area contributed by atoms with Crippen molar-refractivity contribution in [2.75, 3.05) is 4.90 Å². The highest BCUT2D eigenvalue weighted by molar-refractivity contribution is 7.22. The van der Waals surface area contributed by atoms with Gasteiger partial charge in [-0.1, -0.05) is 41.7 Å². The second kappa shape index (κ2) is 8.13. The van der Waals surface area contributed by atoms with Gasteiger partial charge in [0.1, 0.15) is 0 Å². The molecule has 0 unspecified atom stereocenters. The highest BCUT2D eigenvalue weighted by Gasteiger charge is 2.21. The zero-order chi connectivity index (χ0) is 20.4. The van der Waals surface area contributed by atoms with E-state index in [0.29, 0.717) is 18.1 Å². The van der Waals surface area contributed by atoms with Gasteiger partial charge in [0.05, 0.1) is 28.9 Å². The number of aromatic nitrogens is 2. The molecule has 0 saturated heterocycles. The van der Waals surface area contributed by atoms with E-state index in [0.717, 1.165) is 21.5 Å². The Bertz CT molecular complexity index is 1170. The fourth-order valence-electron chi connectivity index (χ4n) is 3.23. The van der Waals surface area contributed by atoms with Gasteiger partial charge in [-0.15, -0.1) is 0 Å². The molecule has 0 aliphatic carbocycles. The number of amides is 1. The molecule has 2 aromatic heterocycles. The second-order valence-corrected chi connectivity index (χ2v) is 8.37. The third kappa shape index (κ3) is 4.35. The normalized spacial score (nSPS) is 11.0. The Balaban J connectivity index is 1.68. The summed E-state index contributed by atoms with van der Waals surface area (Å²) in [6.07, 6.45) is 2.09. The average Bonchev–Trinajstić information content (AvgIpc) is 3.12. The standard InChI is InChI=1S/C24H23N3OS/c1-16-7-10-21-22(12-16)29-24(26-21)27(15-20-6-4-5-11-25-20)23(28)14-19-9-8-17(2)18(3)13-19/h4-13H,14-15H2,1-3H3. The van der Waals surface area contributed by atoms with Crippen LogP contribution in [0.5, 0.6) is 0 Å². The smallest absolute Gasteiger partial charge is 0.233 e. The van der Waals surface area contributed by atoms with Gasteiger partial charge in [0.15, 0.2) is 5.13 Å². The Kier molecular flexibility index (Phi) is 5.41. The fraction of sp³-hybridized carbons (Fsp3) is 0.208. The molecule has 0 aliphatic heterocycles. The number of thiazole rings is 1. The van der Waals surface area contributed by atoms with E-state index in [1.54, 1.807) is 22.4 Å². The molecule has 4 rings (SSSR count). The van der Waals surface area contributed by atoms with Crippen molar-refractivity contribution in [1.29, 1.82) is 0 Å². The zero-order valence-corrected chi connectivity index (χ0v) is 17.7. The van der Waals surface area contributed by atoms with Gasteiger partial charge in [0.25, 0.3) is 0 Å². The molecule has 0 N–H and O–H groups in total. The largest absolute Gasteiger partial charge is 0.282 e. The van der Waals surface area contributed by atoms with E-state index in [1.807, 2.05) is 36.4 Å². The van der Waals surface area contributed by atoms with Gasteiger partial charge in [-0.2, -0.15) is 0 Å². The molecule has 0 spiro atoms. The van der Waals surface area contributed by atoms with Crippen LogP contribution in [0.25, 0.3) is 10.2 Å². The number of rotatable bonds is 5. The number of anilines is 1. The molecule has 5 heteroatoms. The molecule has 4 nitrogen and oxygen atoms in total. The van der Waals surface area contributed by atoms with Crippen molar-refractivity contribution < 1.29 is 4.79 Å². The summed E-state index contributed by atoms with van der Waals surface area (Å²) in [6.45, 7) is 6.63. The maximum absolute atomic E-state index is 13.3. The van der Waals surface area contributed by atoms with Crippen molar-refractivity contribution in [3.63, 3.8) is 0 Å². The molecule has 4 aromatic rings. The Morgan fingerprint density at radius 1 is 1.00 bits per heavy atom. The number of aryl methyl sites for hydroxylation is 3. The van der Waals surface area contributed by atoms with Crippen LogP contribution in [-0.2, 0) is 17.8 Å². The van der Waals surface area contributed by atoms with Crippen LogP contribution in [0.15, 0.2) is 60.8 Å². The van der Waals surface area contributed by atoms with Crippen LogP contribution in [0, 0.1) is 20.8 Å². The Labute approximate surface area is 174 Å². The summed E-state index contributed by atoms with van der Waals surface area (Å²) in [7, 11) is 0. The van der Waals surface area contributed by atoms with Crippen molar-refractivity contribution >= 4 is 32.6 Å².